The summed E-state index contributed by atoms with van der Waals surface area (Å²) in [5.74, 6) is 0.000124. The molecular formula is C17H15N5O. The minimum absolute atomic E-state index is 0.194. The maximum Gasteiger partial charge on any atom is 0.278 e. The van der Waals surface area contributed by atoms with Gasteiger partial charge in [0.2, 0.25) is 0 Å². The number of rotatable bonds is 4. The Morgan fingerprint density at radius 1 is 0.913 bits per heavy atom. The van der Waals surface area contributed by atoms with Crippen molar-refractivity contribution in [2.75, 3.05) is 16.4 Å². The number of hydrogen-bond donors (Lipinski definition) is 3. The number of benzene rings is 2. The number of carbonyl (C=O) groups is 1. The predicted molar refractivity (Wildman–Crippen MR) is 90.6 cm³/mol. The summed E-state index contributed by atoms with van der Waals surface area (Å²) in [5.41, 5.74) is 7.88. The van der Waals surface area contributed by atoms with Gasteiger partial charge >= 0.3 is 0 Å². The molecule has 0 bridgehead atoms. The third-order valence-electron chi connectivity index (χ3n) is 3.16. The zero-order chi connectivity index (χ0) is 16.1. The van der Waals surface area contributed by atoms with Gasteiger partial charge in [0.1, 0.15) is 0 Å². The van der Waals surface area contributed by atoms with E-state index in [0.717, 1.165) is 5.69 Å². The van der Waals surface area contributed by atoms with Gasteiger partial charge in [-0.15, -0.1) is 0 Å². The monoisotopic (exact) mass is 305 g/mol. The Balaban J connectivity index is 1.85. The van der Waals surface area contributed by atoms with Crippen LogP contribution in [0.3, 0.4) is 0 Å². The second-order valence-corrected chi connectivity index (χ2v) is 4.79. The van der Waals surface area contributed by atoms with Gasteiger partial charge in [-0.05, 0) is 24.3 Å². The number of amides is 1. The molecule has 0 aliphatic rings. The highest BCUT2D eigenvalue weighted by atomic mass is 16.1. The fourth-order valence-corrected chi connectivity index (χ4v) is 2.05. The topological polar surface area (TPSA) is 92.9 Å². The van der Waals surface area contributed by atoms with Gasteiger partial charge in [-0.3, -0.25) is 4.79 Å². The average Bonchev–Trinajstić information content (AvgIpc) is 2.58. The molecule has 6 nitrogen and oxygen atoms in total. The molecule has 0 fully saturated rings. The molecule has 3 aromatic rings. The van der Waals surface area contributed by atoms with Crippen LogP contribution in [0.4, 0.5) is 22.9 Å². The van der Waals surface area contributed by atoms with E-state index in [1.54, 1.807) is 24.3 Å². The van der Waals surface area contributed by atoms with Crippen molar-refractivity contribution in [3.63, 3.8) is 0 Å². The fraction of sp³-hybridized carbons (Fsp3) is 0. The van der Waals surface area contributed by atoms with E-state index in [9.17, 15) is 4.79 Å². The van der Waals surface area contributed by atoms with Crippen molar-refractivity contribution >= 4 is 28.8 Å². The summed E-state index contributed by atoms with van der Waals surface area (Å²) < 4.78 is 0. The first-order valence-electron chi connectivity index (χ1n) is 7.03. The molecule has 4 N–H and O–H groups in total. The molecule has 1 amide bonds. The van der Waals surface area contributed by atoms with Crippen molar-refractivity contribution < 1.29 is 4.79 Å². The number of aromatic nitrogens is 2. The number of nitrogen functional groups attached to an aromatic ring is 1. The number of nitrogens with zero attached hydrogens (tertiary/aromatic N) is 2. The molecule has 0 aliphatic carbocycles. The molecule has 6 heteroatoms. The van der Waals surface area contributed by atoms with Crippen LogP contribution in [0.15, 0.2) is 67.0 Å². The van der Waals surface area contributed by atoms with Gasteiger partial charge in [-0.25, -0.2) is 9.97 Å². The number of anilines is 4. The van der Waals surface area contributed by atoms with E-state index in [-0.39, 0.29) is 11.6 Å². The third kappa shape index (κ3) is 3.44. The number of para-hydroxylation sites is 3. The standard InChI is InChI=1S/C17H15N5O/c18-13-8-4-5-9-14(13)22-17(23)15-16(20-11-10-19-15)21-12-6-2-1-3-7-12/h1-11H,18H2,(H,20,21)(H,22,23). The lowest BCUT2D eigenvalue weighted by molar-refractivity contribution is 0.102. The highest BCUT2D eigenvalue weighted by Gasteiger charge is 2.15. The summed E-state index contributed by atoms with van der Waals surface area (Å²) in [7, 11) is 0. The number of nitrogens with two attached hydrogens (primary N) is 1. The average molecular weight is 305 g/mol. The molecule has 2 aromatic carbocycles. The molecule has 0 unspecified atom stereocenters. The summed E-state index contributed by atoms with van der Waals surface area (Å²) in [6.07, 6.45) is 3.00. The highest BCUT2D eigenvalue weighted by molar-refractivity contribution is 6.07. The molecule has 0 aliphatic heterocycles. The van der Waals surface area contributed by atoms with Crippen LogP contribution >= 0.6 is 0 Å². The Labute approximate surface area is 133 Å². The molecule has 0 saturated heterocycles. The second kappa shape index (κ2) is 6.57. The van der Waals surface area contributed by atoms with Crippen LogP contribution < -0.4 is 16.4 Å². The lowest BCUT2D eigenvalue weighted by Crippen LogP contribution is -2.17. The Bertz CT molecular complexity index is 820. The van der Waals surface area contributed by atoms with Crippen LogP contribution in [0.2, 0.25) is 0 Å². The minimum atomic E-state index is -0.380. The van der Waals surface area contributed by atoms with Gasteiger partial charge in [0.05, 0.1) is 11.4 Å². The van der Waals surface area contributed by atoms with Gasteiger partial charge in [-0.2, -0.15) is 0 Å². The summed E-state index contributed by atoms with van der Waals surface area (Å²) in [5, 5.41) is 5.83. The number of hydrogen-bond acceptors (Lipinski definition) is 5. The van der Waals surface area contributed by atoms with E-state index in [1.807, 2.05) is 30.3 Å². The molecule has 0 atom stereocenters. The minimum Gasteiger partial charge on any atom is -0.397 e. The quantitative estimate of drug-likeness (QED) is 0.644. The van der Waals surface area contributed by atoms with Crippen molar-refractivity contribution in [3.05, 3.63) is 72.7 Å². The van der Waals surface area contributed by atoms with Crippen LogP contribution in [0.1, 0.15) is 10.5 Å². The first-order chi connectivity index (χ1) is 11.2. The van der Waals surface area contributed by atoms with E-state index in [1.165, 1.54) is 12.4 Å². The molecule has 1 heterocycles. The van der Waals surface area contributed by atoms with Crippen LogP contribution in [-0.4, -0.2) is 15.9 Å². The van der Waals surface area contributed by atoms with Crippen LogP contribution in [0.5, 0.6) is 0 Å². The van der Waals surface area contributed by atoms with Gasteiger partial charge < -0.3 is 16.4 Å². The molecule has 23 heavy (non-hydrogen) atoms. The SMILES string of the molecule is Nc1ccccc1NC(=O)c1nccnc1Nc1ccccc1. The second-order valence-electron chi connectivity index (χ2n) is 4.79. The van der Waals surface area contributed by atoms with Gasteiger partial charge in [0, 0.05) is 18.1 Å². The van der Waals surface area contributed by atoms with Crippen LogP contribution in [0, 0.1) is 0 Å². The Morgan fingerprint density at radius 3 is 2.39 bits per heavy atom. The first kappa shape index (κ1) is 14.5. The first-order valence-corrected chi connectivity index (χ1v) is 7.03. The number of nitrogens with one attached hydrogen (secondary N) is 2. The highest BCUT2D eigenvalue weighted by Crippen LogP contribution is 2.20. The van der Waals surface area contributed by atoms with E-state index in [0.29, 0.717) is 17.2 Å². The molecule has 0 spiro atoms. The zero-order valence-electron chi connectivity index (χ0n) is 12.2. The van der Waals surface area contributed by atoms with Crippen molar-refractivity contribution in [2.45, 2.75) is 0 Å². The lowest BCUT2D eigenvalue weighted by Gasteiger charge is -2.11. The van der Waals surface area contributed by atoms with Gasteiger partial charge in [0.15, 0.2) is 11.5 Å². The summed E-state index contributed by atoms with van der Waals surface area (Å²) >= 11 is 0. The van der Waals surface area contributed by atoms with E-state index in [4.69, 9.17) is 5.73 Å². The van der Waals surface area contributed by atoms with Crippen molar-refractivity contribution in [1.82, 2.24) is 9.97 Å². The van der Waals surface area contributed by atoms with Gasteiger partial charge in [-0.1, -0.05) is 30.3 Å². The fourth-order valence-electron chi connectivity index (χ4n) is 2.05. The van der Waals surface area contributed by atoms with Crippen molar-refractivity contribution in [3.8, 4) is 0 Å². The zero-order valence-corrected chi connectivity index (χ0v) is 12.2. The van der Waals surface area contributed by atoms with E-state index >= 15 is 0 Å². The summed E-state index contributed by atoms with van der Waals surface area (Å²) in [4.78, 5) is 20.8. The van der Waals surface area contributed by atoms with Crippen LogP contribution in [-0.2, 0) is 0 Å². The predicted octanol–water partition coefficient (Wildman–Crippen LogP) is 3.05. The lowest BCUT2D eigenvalue weighted by atomic mass is 10.2. The maximum atomic E-state index is 12.5. The van der Waals surface area contributed by atoms with Gasteiger partial charge in [0.25, 0.3) is 5.91 Å². The Hall–Kier alpha value is -3.41. The van der Waals surface area contributed by atoms with Crippen molar-refractivity contribution in [2.24, 2.45) is 0 Å². The normalized spacial score (nSPS) is 10.1. The van der Waals surface area contributed by atoms with E-state index in [2.05, 4.69) is 20.6 Å². The van der Waals surface area contributed by atoms with Crippen LogP contribution in [0.25, 0.3) is 0 Å². The third-order valence-corrected chi connectivity index (χ3v) is 3.16. The maximum absolute atomic E-state index is 12.5. The molecule has 0 saturated carbocycles. The smallest absolute Gasteiger partial charge is 0.278 e. The molecule has 1 aromatic heterocycles. The molecular weight excluding hydrogens is 290 g/mol. The molecule has 3 rings (SSSR count). The largest absolute Gasteiger partial charge is 0.397 e. The molecule has 0 radical (unpaired) electrons. The summed E-state index contributed by atoms with van der Waals surface area (Å²) in [6.45, 7) is 0. The number of carbonyl (C=O) groups excluding carboxylic acids is 1. The van der Waals surface area contributed by atoms with Crippen molar-refractivity contribution in [1.29, 1.82) is 0 Å². The Kier molecular flexibility index (Phi) is 4.15. The summed E-state index contributed by atoms with van der Waals surface area (Å²) in [6, 6.07) is 16.5. The van der Waals surface area contributed by atoms with E-state index < -0.39 is 0 Å². The molecule has 114 valence electrons. The Morgan fingerprint density at radius 2 is 1.61 bits per heavy atom.